The summed E-state index contributed by atoms with van der Waals surface area (Å²) in [5.74, 6) is 1.59. The van der Waals surface area contributed by atoms with Gasteiger partial charge in [-0.2, -0.15) is 5.10 Å². The van der Waals surface area contributed by atoms with Crippen molar-refractivity contribution in [3.8, 4) is 0 Å². The van der Waals surface area contributed by atoms with Gasteiger partial charge in [-0.15, -0.1) is 0 Å². The van der Waals surface area contributed by atoms with Gasteiger partial charge in [0.25, 0.3) is 0 Å². The first kappa shape index (κ1) is 11.6. The Kier molecular flexibility index (Phi) is 3.30. The maximum Gasteiger partial charge on any atom is 0.0537 e. The topological polar surface area (TPSA) is 47.1 Å². The van der Waals surface area contributed by atoms with E-state index in [1.807, 2.05) is 24.1 Å². The van der Waals surface area contributed by atoms with Crippen LogP contribution in [0, 0.1) is 11.8 Å². The molecular formula is C12H22N4. The number of aryl methyl sites for hydroxylation is 1. The van der Waals surface area contributed by atoms with Crippen LogP contribution in [0.1, 0.15) is 25.5 Å². The molecule has 90 valence electrons. The highest BCUT2D eigenvalue weighted by molar-refractivity contribution is 5.10. The fourth-order valence-electron chi connectivity index (χ4n) is 2.41. The van der Waals surface area contributed by atoms with Gasteiger partial charge in [0.1, 0.15) is 0 Å². The molecule has 3 unspecified atom stereocenters. The summed E-state index contributed by atoms with van der Waals surface area (Å²) in [5, 5.41) is 4.16. The fraction of sp³-hybridized carbons (Fsp3) is 0.750. The molecule has 4 heteroatoms. The van der Waals surface area contributed by atoms with E-state index < -0.39 is 0 Å². The van der Waals surface area contributed by atoms with Gasteiger partial charge in [-0.05, 0) is 11.8 Å². The van der Waals surface area contributed by atoms with Crippen LogP contribution >= 0.6 is 0 Å². The lowest BCUT2D eigenvalue weighted by Crippen LogP contribution is -2.30. The van der Waals surface area contributed by atoms with E-state index in [0.29, 0.717) is 0 Å². The third kappa shape index (κ3) is 2.44. The van der Waals surface area contributed by atoms with Crippen LogP contribution in [0.15, 0.2) is 12.4 Å². The van der Waals surface area contributed by atoms with Gasteiger partial charge < -0.3 is 10.6 Å². The molecule has 0 aliphatic carbocycles. The van der Waals surface area contributed by atoms with Crippen LogP contribution in [0.2, 0.25) is 0 Å². The maximum atomic E-state index is 6.18. The minimum Gasteiger partial charge on any atom is -0.323 e. The molecule has 0 spiro atoms. The van der Waals surface area contributed by atoms with Crippen molar-refractivity contribution in [2.45, 2.75) is 19.9 Å². The summed E-state index contributed by atoms with van der Waals surface area (Å²) < 4.78 is 1.81. The highest BCUT2D eigenvalue weighted by Gasteiger charge is 2.27. The molecule has 0 saturated carbocycles. The highest BCUT2D eigenvalue weighted by atomic mass is 15.2. The molecule has 2 heterocycles. The Bertz CT molecular complexity index is 337. The number of likely N-dealkylation sites (tertiary alicyclic amines) is 1. The summed E-state index contributed by atoms with van der Waals surface area (Å²) >= 11 is 0. The first-order valence-corrected chi connectivity index (χ1v) is 6.02. The van der Waals surface area contributed by atoms with Crippen LogP contribution in [0.5, 0.6) is 0 Å². The maximum absolute atomic E-state index is 6.18. The zero-order chi connectivity index (χ0) is 11.7. The van der Waals surface area contributed by atoms with Crippen molar-refractivity contribution in [2.75, 3.05) is 19.6 Å². The predicted octanol–water partition coefficient (Wildman–Crippen LogP) is 1.01. The van der Waals surface area contributed by atoms with E-state index >= 15 is 0 Å². The van der Waals surface area contributed by atoms with Crippen LogP contribution in [-0.2, 0) is 7.05 Å². The number of nitrogens with zero attached hydrogens (tertiary/aromatic N) is 3. The molecule has 4 nitrogen and oxygen atoms in total. The van der Waals surface area contributed by atoms with E-state index in [2.05, 4.69) is 23.8 Å². The summed E-state index contributed by atoms with van der Waals surface area (Å²) in [4.78, 5) is 2.47. The number of aromatic nitrogens is 2. The Morgan fingerprint density at radius 3 is 2.56 bits per heavy atom. The molecule has 16 heavy (non-hydrogen) atoms. The zero-order valence-electron chi connectivity index (χ0n) is 10.4. The Morgan fingerprint density at radius 2 is 2.06 bits per heavy atom. The molecule has 0 amide bonds. The lowest BCUT2D eigenvalue weighted by molar-refractivity contribution is 0.303. The van der Waals surface area contributed by atoms with E-state index in [4.69, 9.17) is 5.73 Å². The van der Waals surface area contributed by atoms with Crippen molar-refractivity contribution < 1.29 is 0 Å². The number of nitrogens with two attached hydrogens (primary N) is 1. The van der Waals surface area contributed by atoms with E-state index in [-0.39, 0.29) is 6.04 Å². The first-order valence-electron chi connectivity index (χ1n) is 6.02. The van der Waals surface area contributed by atoms with Gasteiger partial charge in [0.05, 0.1) is 6.20 Å². The minimum atomic E-state index is 0.0891. The highest BCUT2D eigenvalue weighted by Crippen LogP contribution is 2.23. The second-order valence-electron chi connectivity index (χ2n) is 5.23. The van der Waals surface area contributed by atoms with Gasteiger partial charge >= 0.3 is 0 Å². The Hall–Kier alpha value is -0.870. The molecule has 1 aromatic heterocycles. The third-order valence-electron chi connectivity index (χ3n) is 3.67. The van der Waals surface area contributed by atoms with Crippen LogP contribution < -0.4 is 5.73 Å². The minimum absolute atomic E-state index is 0.0891. The van der Waals surface area contributed by atoms with Gasteiger partial charge in [-0.25, -0.2) is 0 Å². The lowest BCUT2D eigenvalue weighted by Gasteiger charge is -2.19. The fourth-order valence-corrected chi connectivity index (χ4v) is 2.41. The summed E-state index contributed by atoms with van der Waals surface area (Å²) in [7, 11) is 1.93. The van der Waals surface area contributed by atoms with E-state index in [1.165, 1.54) is 13.1 Å². The molecule has 0 aromatic carbocycles. The second-order valence-corrected chi connectivity index (χ2v) is 5.23. The molecule has 1 aliphatic rings. The van der Waals surface area contributed by atoms with Crippen molar-refractivity contribution in [1.82, 2.24) is 14.7 Å². The molecule has 1 aromatic rings. The van der Waals surface area contributed by atoms with Crippen molar-refractivity contribution in [3.05, 3.63) is 18.0 Å². The van der Waals surface area contributed by atoms with Crippen LogP contribution in [0.3, 0.4) is 0 Å². The molecule has 0 radical (unpaired) electrons. The van der Waals surface area contributed by atoms with Crippen LogP contribution in [-0.4, -0.2) is 34.3 Å². The van der Waals surface area contributed by atoms with E-state index in [9.17, 15) is 0 Å². The van der Waals surface area contributed by atoms with Crippen molar-refractivity contribution in [2.24, 2.45) is 24.6 Å². The molecular weight excluding hydrogens is 200 g/mol. The SMILES string of the molecule is CC1CN(CC(N)c2cnn(C)c2)CC1C. The van der Waals surface area contributed by atoms with Crippen LogP contribution in [0.4, 0.5) is 0 Å². The average molecular weight is 222 g/mol. The third-order valence-corrected chi connectivity index (χ3v) is 3.67. The smallest absolute Gasteiger partial charge is 0.0537 e. The van der Waals surface area contributed by atoms with Gasteiger partial charge in [0.15, 0.2) is 0 Å². The average Bonchev–Trinajstić information content (AvgIpc) is 2.75. The Labute approximate surface area is 97.4 Å². The van der Waals surface area contributed by atoms with Crippen molar-refractivity contribution in [1.29, 1.82) is 0 Å². The Morgan fingerprint density at radius 1 is 1.44 bits per heavy atom. The van der Waals surface area contributed by atoms with Crippen LogP contribution in [0.25, 0.3) is 0 Å². The summed E-state index contributed by atoms with van der Waals surface area (Å²) in [6.07, 6.45) is 3.88. The second kappa shape index (κ2) is 4.55. The molecule has 0 bridgehead atoms. The first-order chi connectivity index (χ1) is 7.56. The van der Waals surface area contributed by atoms with Gasteiger partial charge in [0, 0.05) is 44.5 Å². The molecule has 2 N–H and O–H groups in total. The number of hydrogen-bond donors (Lipinski definition) is 1. The monoisotopic (exact) mass is 222 g/mol. The van der Waals surface area contributed by atoms with Crippen molar-refractivity contribution >= 4 is 0 Å². The molecule has 3 atom stereocenters. The number of hydrogen-bond acceptors (Lipinski definition) is 3. The normalized spacial score (nSPS) is 28.5. The standard InChI is InChI=1S/C12H22N4/c1-9-5-16(6-10(9)2)8-12(13)11-4-14-15(3)7-11/h4,7,9-10,12H,5-6,8,13H2,1-3H3. The molecule has 2 rings (SSSR count). The molecule has 1 saturated heterocycles. The summed E-state index contributed by atoms with van der Waals surface area (Å²) in [6, 6.07) is 0.0891. The van der Waals surface area contributed by atoms with Gasteiger partial charge in [-0.3, -0.25) is 4.68 Å². The lowest BCUT2D eigenvalue weighted by atomic mass is 10.0. The Balaban J connectivity index is 1.91. The predicted molar refractivity (Wildman–Crippen MR) is 64.9 cm³/mol. The molecule has 1 fully saturated rings. The van der Waals surface area contributed by atoms with Crippen molar-refractivity contribution in [3.63, 3.8) is 0 Å². The zero-order valence-corrected chi connectivity index (χ0v) is 10.4. The van der Waals surface area contributed by atoms with E-state index in [1.54, 1.807) is 0 Å². The molecule has 1 aliphatic heterocycles. The summed E-state index contributed by atoms with van der Waals surface area (Å²) in [5.41, 5.74) is 7.32. The largest absolute Gasteiger partial charge is 0.323 e. The van der Waals surface area contributed by atoms with E-state index in [0.717, 1.165) is 23.9 Å². The van der Waals surface area contributed by atoms with Gasteiger partial charge in [0.2, 0.25) is 0 Å². The van der Waals surface area contributed by atoms with Gasteiger partial charge in [-0.1, -0.05) is 13.8 Å². The number of rotatable bonds is 3. The quantitative estimate of drug-likeness (QED) is 0.830. The summed E-state index contributed by atoms with van der Waals surface area (Å²) in [6.45, 7) is 7.94.